The molecule has 128 valence electrons. The van der Waals surface area contributed by atoms with Crippen molar-refractivity contribution >= 4 is 34.1 Å². The molecule has 0 bridgehead atoms. The van der Waals surface area contributed by atoms with Gasteiger partial charge in [-0.2, -0.15) is 0 Å². The molecule has 0 aliphatic rings. The standard InChI is InChI=1S/C20H15ClN4O/c1-25(17-4-2-3-10-22-17)20-18-16(9-11-23-20)24-12-15(19(18)26)13-5-7-14(21)8-6-13/h2-12H,1H3,(H,24,26). The molecule has 3 heterocycles. The maximum atomic E-state index is 13.2. The number of rotatable bonds is 3. The Hall–Kier alpha value is -3.18. The highest BCUT2D eigenvalue weighted by Crippen LogP contribution is 2.27. The van der Waals surface area contributed by atoms with Gasteiger partial charge in [0.2, 0.25) is 5.43 Å². The highest BCUT2D eigenvalue weighted by molar-refractivity contribution is 6.30. The fourth-order valence-corrected chi connectivity index (χ4v) is 3.03. The molecule has 26 heavy (non-hydrogen) atoms. The van der Waals surface area contributed by atoms with E-state index >= 15 is 0 Å². The summed E-state index contributed by atoms with van der Waals surface area (Å²) in [6.45, 7) is 0. The van der Waals surface area contributed by atoms with Gasteiger partial charge in [0, 0.05) is 36.2 Å². The average Bonchev–Trinajstić information content (AvgIpc) is 2.69. The number of H-pyrrole nitrogens is 1. The van der Waals surface area contributed by atoms with E-state index in [0.29, 0.717) is 27.6 Å². The summed E-state index contributed by atoms with van der Waals surface area (Å²) in [4.78, 5) is 27.0. The molecule has 0 unspecified atom stereocenters. The highest BCUT2D eigenvalue weighted by Gasteiger charge is 2.16. The minimum atomic E-state index is -0.0908. The fourth-order valence-electron chi connectivity index (χ4n) is 2.90. The number of aromatic nitrogens is 3. The van der Waals surface area contributed by atoms with Crippen LogP contribution in [0.15, 0.2) is 71.9 Å². The lowest BCUT2D eigenvalue weighted by atomic mass is 10.1. The summed E-state index contributed by atoms with van der Waals surface area (Å²) in [7, 11) is 1.85. The first kappa shape index (κ1) is 16.3. The Morgan fingerprint density at radius 1 is 1.00 bits per heavy atom. The van der Waals surface area contributed by atoms with Gasteiger partial charge in [-0.1, -0.05) is 29.8 Å². The van der Waals surface area contributed by atoms with Crippen LogP contribution in [-0.2, 0) is 0 Å². The second kappa shape index (κ2) is 6.61. The van der Waals surface area contributed by atoms with E-state index in [-0.39, 0.29) is 5.43 Å². The molecule has 0 amide bonds. The lowest BCUT2D eigenvalue weighted by Gasteiger charge is -2.18. The Labute approximate surface area is 154 Å². The Bertz CT molecular complexity index is 1120. The van der Waals surface area contributed by atoms with Crippen molar-refractivity contribution in [1.29, 1.82) is 0 Å². The maximum absolute atomic E-state index is 13.2. The minimum absolute atomic E-state index is 0.0908. The summed E-state index contributed by atoms with van der Waals surface area (Å²) in [5.41, 5.74) is 2.00. The highest BCUT2D eigenvalue weighted by atomic mass is 35.5. The molecular weight excluding hydrogens is 348 g/mol. The van der Waals surface area contributed by atoms with Crippen LogP contribution in [-0.4, -0.2) is 22.0 Å². The van der Waals surface area contributed by atoms with E-state index in [9.17, 15) is 4.79 Å². The van der Waals surface area contributed by atoms with Gasteiger partial charge in [-0.3, -0.25) is 4.79 Å². The normalized spacial score (nSPS) is 10.8. The summed E-state index contributed by atoms with van der Waals surface area (Å²) in [5, 5.41) is 1.15. The van der Waals surface area contributed by atoms with Crippen LogP contribution in [0.3, 0.4) is 0 Å². The van der Waals surface area contributed by atoms with Gasteiger partial charge in [-0.15, -0.1) is 0 Å². The number of fused-ring (bicyclic) bond motifs is 1. The number of nitrogens with one attached hydrogen (secondary N) is 1. The zero-order valence-electron chi connectivity index (χ0n) is 14.0. The van der Waals surface area contributed by atoms with Crippen molar-refractivity contribution < 1.29 is 0 Å². The van der Waals surface area contributed by atoms with E-state index in [1.54, 1.807) is 36.8 Å². The quantitative estimate of drug-likeness (QED) is 0.586. The summed E-state index contributed by atoms with van der Waals surface area (Å²) < 4.78 is 0. The number of halogens is 1. The summed E-state index contributed by atoms with van der Waals surface area (Å²) in [6, 6.07) is 14.6. The molecule has 0 atom stereocenters. The van der Waals surface area contributed by atoms with Crippen molar-refractivity contribution in [2.24, 2.45) is 0 Å². The van der Waals surface area contributed by atoms with Crippen molar-refractivity contribution in [3.8, 4) is 11.1 Å². The Kier molecular flexibility index (Phi) is 4.14. The number of benzene rings is 1. The first-order valence-corrected chi connectivity index (χ1v) is 8.44. The molecule has 0 saturated carbocycles. The van der Waals surface area contributed by atoms with Crippen LogP contribution in [0.1, 0.15) is 0 Å². The third kappa shape index (κ3) is 2.82. The topological polar surface area (TPSA) is 61.9 Å². The number of hydrogen-bond acceptors (Lipinski definition) is 4. The van der Waals surface area contributed by atoms with Gasteiger partial charge in [0.15, 0.2) is 0 Å². The van der Waals surface area contributed by atoms with E-state index in [2.05, 4.69) is 15.0 Å². The van der Waals surface area contributed by atoms with Gasteiger partial charge in [-0.05, 0) is 35.9 Å². The number of nitrogens with zero attached hydrogens (tertiary/aromatic N) is 3. The van der Waals surface area contributed by atoms with Crippen molar-refractivity contribution in [1.82, 2.24) is 15.0 Å². The Balaban J connectivity index is 1.94. The number of aromatic amines is 1. The molecule has 3 aromatic heterocycles. The van der Waals surface area contributed by atoms with Crippen LogP contribution >= 0.6 is 11.6 Å². The van der Waals surface area contributed by atoms with E-state index in [1.165, 1.54) is 0 Å². The zero-order chi connectivity index (χ0) is 18.1. The van der Waals surface area contributed by atoms with Crippen molar-refractivity contribution in [2.45, 2.75) is 0 Å². The van der Waals surface area contributed by atoms with E-state index in [1.807, 2.05) is 42.3 Å². The van der Waals surface area contributed by atoms with Gasteiger partial charge in [-0.25, -0.2) is 9.97 Å². The smallest absolute Gasteiger partial charge is 0.200 e. The largest absolute Gasteiger partial charge is 0.360 e. The molecule has 0 spiro atoms. The summed E-state index contributed by atoms with van der Waals surface area (Å²) in [6.07, 6.45) is 5.10. The van der Waals surface area contributed by atoms with Gasteiger partial charge >= 0.3 is 0 Å². The van der Waals surface area contributed by atoms with Crippen LogP contribution in [0, 0.1) is 0 Å². The molecule has 0 radical (unpaired) electrons. The second-order valence-corrected chi connectivity index (χ2v) is 6.28. The lowest BCUT2D eigenvalue weighted by Crippen LogP contribution is -2.17. The monoisotopic (exact) mass is 362 g/mol. The third-order valence-electron chi connectivity index (χ3n) is 4.24. The molecule has 0 saturated heterocycles. The molecule has 4 rings (SSSR count). The molecule has 1 aromatic carbocycles. The first-order valence-electron chi connectivity index (χ1n) is 8.06. The van der Waals surface area contributed by atoms with E-state index in [4.69, 9.17) is 11.6 Å². The predicted molar refractivity (Wildman–Crippen MR) is 105 cm³/mol. The van der Waals surface area contributed by atoms with Crippen LogP contribution in [0.5, 0.6) is 0 Å². The molecule has 4 aromatic rings. The van der Waals surface area contributed by atoms with Crippen molar-refractivity contribution in [2.75, 3.05) is 11.9 Å². The molecule has 6 heteroatoms. The minimum Gasteiger partial charge on any atom is -0.360 e. The summed E-state index contributed by atoms with van der Waals surface area (Å²) >= 11 is 5.96. The zero-order valence-corrected chi connectivity index (χ0v) is 14.7. The number of hydrogen-bond donors (Lipinski definition) is 1. The average molecular weight is 363 g/mol. The first-order chi connectivity index (χ1) is 12.6. The maximum Gasteiger partial charge on any atom is 0.200 e. The van der Waals surface area contributed by atoms with Gasteiger partial charge < -0.3 is 9.88 Å². The number of anilines is 2. The lowest BCUT2D eigenvalue weighted by molar-refractivity contribution is 1.09. The van der Waals surface area contributed by atoms with Crippen molar-refractivity contribution in [3.05, 3.63) is 82.4 Å². The van der Waals surface area contributed by atoms with Crippen LogP contribution < -0.4 is 10.3 Å². The molecular formula is C20H15ClN4O. The van der Waals surface area contributed by atoms with E-state index in [0.717, 1.165) is 11.1 Å². The molecule has 0 aliphatic carbocycles. The van der Waals surface area contributed by atoms with Gasteiger partial charge in [0.1, 0.15) is 11.6 Å². The van der Waals surface area contributed by atoms with Gasteiger partial charge in [0.25, 0.3) is 0 Å². The number of pyridine rings is 3. The Morgan fingerprint density at radius 2 is 1.81 bits per heavy atom. The van der Waals surface area contributed by atoms with E-state index < -0.39 is 0 Å². The van der Waals surface area contributed by atoms with Crippen LogP contribution in [0.25, 0.3) is 22.0 Å². The van der Waals surface area contributed by atoms with Gasteiger partial charge in [0.05, 0.1) is 10.9 Å². The molecule has 5 nitrogen and oxygen atoms in total. The Morgan fingerprint density at radius 3 is 2.54 bits per heavy atom. The molecule has 0 fully saturated rings. The predicted octanol–water partition coefficient (Wildman–Crippen LogP) is 4.41. The molecule has 0 aliphatic heterocycles. The fraction of sp³-hybridized carbons (Fsp3) is 0.0500. The third-order valence-corrected chi connectivity index (χ3v) is 4.49. The molecule has 1 N–H and O–H groups in total. The van der Waals surface area contributed by atoms with Crippen LogP contribution in [0.4, 0.5) is 11.6 Å². The van der Waals surface area contributed by atoms with Crippen LogP contribution in [0.2, 0.25) is 5.02 Å². The van der Waals surface area contributed by atoms with Crippen molar-refractivity contribution in [3.63, 3.8) is 0 Å². The SMILES string of the molecule is CN(c1ccccn1)c1nccc2[nH]cc(-c3ccc(Cl)cc3)c(=O)c12. The second-order valence-electron chi connectivity index (χ2n) is 5.84. The summed E-state index contributed by atoms with van der Waals surface area (Å²) in [5.74, 6) is 1.27.